The summed E-state index contributed by atoms with van der Waals surface area (Å²) in [5.74, 6) is 0.329. The van der Waals surface area contributed by atoms with Crippen LogP contribution < -0.4 is 5.32 Å². The smallest absolute Gasteiger partial charge is 0.457 e. The average molecular weight is 758 g/mol. The van der Waals surface area contributed by atoms with E-state index in [0.29, 0.717) is 63.5 Å². The van der Waals surface area contributed by atoms with Crippen LogP contribution in [0.25, 0.3) is 10.9 Å². The Balaban J connectivity index is 0.852. The number of ether oxygens (including phenoxy) is 6. The van der Waals surface area contributed by atoms with Crippen LogP contribution in [0.5, 0.6) is 0 Å². The number of carbonyl (C=O) groups excluding carboxylic acids is 4. The number of para-hydroxylation sites is 1. The molecule has 13 nitrogen and oxygen atoms in total. The van der Waals surface area contributed by atoms with Gasteiger partial charge >= 0.3 is 12.1 Å². The summed E-state index contributed by atoms with van der Waals surface area (Å²) in [6.07, 6.45) is 4.36. The van der Waals surface area contributed by atoms with E-state index in [1.54, 1.807) is 11.8 Å². The minimum absolute atomic E-state index is 0.0647. The molecule has 1 aromatic carbocycles. The van der Waals surface area contributed by atoms with Gasteiger partial charge in [-0.05, 0) is 55.4 Å². The second-order valence-electron chi connectivity index (χ2n) is 13.1. The van der Waals surface area contributed by atoms with Gasteiger partial charge in [0.05, 0.1) is 62.5 Å². The van der Waals surface area contributed by atoms with Crippen LogP contribution in [-0.2, 0) is 49.3 Å². The molecule has 15 heteroatoms. The Kier molecular flexibility index (Phi) is 13.7. The van der Waals surface area contributed by atoms with Gasteiger partial charge in [-0.2, -0.15) is 0 Å². The van der Waals surface area contributed by atoms with Crippen molar-refractivity contribution >= 4 is 56.4 Å². The van der Waals surface area contributed by atoms with Crippen LogP contribution in [0.3, 0.4) is 0 Å². The van der Waals surface area contributed by atoms with E-state index in [1.807, 2.05) is 45.9 Å². The number of benzene rings is 1. The maximum Gasteiger partial charge on any atom is 0.509 e. The number of carbonyl (C=O) groups is 4. The van der Waals surface area contributed by atoms with Gasteiger partial charge in [-0.3, -0.25) is 14.6 Å². The molecule has 1 fully saturated rings. The normalized spacial score (nSPS) is 22.2. The number of amides is 2. The molecule has 52 heavy (non-hydrogen) atoms. The monoisotopic (exact) mass is 757 g/mol. The fourth-order valence-electron chi connectivity index (χ4n) is 7.01. The van der Waals surface area contributed by atoms with E-state index in [1.165, 1.54) is 18.6 Å². The summed E-state index contributed by atoms with van der Waals surface area (Å²) in [7, 11) is 3.93. The molecule has 4 aliphatic rings. The number of cyclic esters (lactones) is 1. The number of pyridine rings is 1. The predicted molar refractivity (Wildman–Crippen MR) is 195 cm³/mol. The summed E-state index contributed by atoms with van der Waals surface area (Å²) in [6, 6.07) is 9.44. The molecule has 282 valence electrons. The predicted octanol–water partition coefficient (Wildman–Crippen LogP) is 5.06. The van der Waals surface area contributed by atoms with Crippen LogP contribution in [0, 0.1) is 0 Å². The summed E-state index contributed by atoms with van der Waals surface area (Å²) < 4.78 is 32.9. The molecule has 3 unspecified atom stereocenters. The zero-order valence-electron chi connectivity index (χ0n) is 29.6. The van der Waals surface area contributed by atoms with E-state index in [0.717, 1.165) is 40.3 Å². The lowest BCUT2D eigenvalue weighted by Gasteiger charge is -2.42. The molecule has 2 aromatic rings. The lowest BCUT2D eigenvalue weighted by molar-refractivity contribution is -0.168. The highest BCUT2D eigenvalue weighted by molar-refractivity contribution is 8.77. The maximum absolute atomic E-state index is 13.7. The van der Waals surface area contributed by atoms with Crippen molar-refractivity contribution < 1.29 is 47.6 Å². The fourth-order valence-corrected chi connectivity index (χ4v) is 10.0. The van der Waals surface area contributed by atoms with E-state index in [4.69, 9.17) is 33.4 Å². The number of unbranched alkanes of at least 4 members (excludes halogenated alkanes) is 1. The molecule has 0 bridgehead atoms. The first-order chi connectivity index (χ1) is 25.4. The van der Waals surface area contributed by atoms with Gasteiger partial charge in [0.2, 0.25) is 11.5 Å². The molecule has 0 radical (unpaired) electrons. The SMILES string of the molecule is CCC1(OC(=O)OCCOCCOCCOCCNC(=O)CCCCC2CCSS2)C(=O)OCC2=C1CC1c3nc4ccccc4cc3CN1C2=O. The highest BCUT2D eigenvalue weighted by atomic mass is 33.1. The van der Waals surface area contributed by atoms with Gasteiger partial charge in [0.25, 0.3) is 5.91 Å². The van der Waals surface area contributed by atoms with Crippen molar-refractivity contribution in [2.24, 2.45) is 0 Å². The third-order valence-electron chi connectivity index (χ3n) is 9.74. The Morgan fingerprint density at radius 1 is 1.04 bits per heavy atom. The summed E-state index contributed by atoms with van der Waals surface area (Å²) >= 11 is 0. The molecule has 1 N–H and O–H groups in total. The number of esters is 1. The zero-order valence-corrected chi connectivity index (χ0v) is 31.2. The average Bonchev–Trinajstić information content (AvgIpc) is 3.80. The summed E-state index contributed by atoms with van der Waals surface area (Å²) in [5.41, 5.74) is 1.56. The third kappa shape index (κ3) is 9.22. The lowest BCUT2D eigenvalue weighted by atomic mass is 9.78. The van der Waals surface area contributed by atoms with Gasteiger partial charge in [0.1, 0.15) is 13.2 Å². The van der Waals surface area contributed by atoms with Crippen molar-refractivity contribution in [3.8, 4) is 0 Å². The first-order valence-corrected chi connectivity index (χ1v) is 20.5. The highest BCUT2D eigenvalue weighted by Gasteiger charge is 2.56. The number of nitrogens with one attached hydrogen (secondary N) is 1. The van der Waals surface area contributed by atoms with E-state index in [-0.39, 0.29) is 50.7 Å². The summed E-state index contributed by atoms with van der Waals surface area (Å²) in [6.45, 7) is 4.19. The molecule has 1 aromatic heterocycles. The Labute approximate surface area is 311 Å². The first kappa shape index (κ1) is 38.4. The van der Waals surface area contributed by atoms with Crippen molar-refractivity contribution in [2.45, 2.75) is 75.3 Å². The summed E-state index contributed by atoms with van der Waals surface area (Å²) in [4.78, 5) is 58.4. The molecular weight excluding hydrogens is 711 g/mol. The first-order valence-electron chi connectivity index (χ1n) is 18.1. The van der Waals surface area contributed by atoms with E-state index in [9.17, 15) is 19.2 Å². The van der Waals surface area contributed by atoms with Gasteiger partial charge in [0, 0.05) is 35.9 Å². The Morgan fingerprint density at radius 2 is 1.81 bits per heavy atom. The van der Waals surface area contributed by atoms with Crippen LogP contribution in [0.4, 0.5) is 4.79 Å². The van der Waals surface area contributed by atoms with E-state index < -0.39 is 17.7 Å². The quantitative estimate of drug-likeness (QED) is 0.116. The molecule has 0 aliphatic carbocycles. The molecule has 5 heterocycles. The molecule has 1 saturated heterocycles. The van der Waals surface area contributed by atoms with Crippen molar-refractivity contribution in [3.63, 3.8) is 0 Å². The van der Waals surface area contributed by atoms with Crippen LogP contribution in [0.1, 0.15) is 69.2 Å². The number of fused-ring (bicyclic) bond motifs is 4. The van der Waals surface area contributed by atoms with Crippen molar-refractivity contribution in [1.82, 2.24) is 15.2 Å². The lowest BCUT2D eigenvalue weighted by Crippen LogP contribution is -2.54. The van der Waals surface area contributed by atoms with Gasteiger partial charge in [-0.1, -0.05) is 53.1 Å². The van der Waals surface area contributed by atoms with E-state index in [2.05, 4.69) is 11.4 Å². The number of rotatable bonds is 19. The van der Waals surface area contributed by atoms with Gasteiger partial charge < -0.3 is 38.6 Å². The number of aromatic nitrogens is 1. The van der Waals surface area contributed by atoms with E-state index >= 15 is 0 Å². The second-order valence-corrected chi connectivity index (χ2v) is 15.8. The van der Waals surface area contributed by atoms with Crippen molar-refractivity contribution in [3.05, 3.63) is 52.7 Å². The van der Waals surface area contributed by atoms with Crippen molar-refractivity contribution in [1.29, 1.82) is 0 Å². The third-order valence-corrected chi connectivity index (χ3v) is 12.7. The van der Waals surface area contributed by atoms with Crippen molar-refractivity contribution in [2.75, 3.05) is 65.2 Å². The standard InChI is InChI=1S/C37H47N3O10S2/c1-2-37(29-22-31-33-26(21-25-7-3-5-9-30(25)39-33)23-40(31)34(42)28(29)24-49-35(37)43)50-36(44)48-19-18-47-17-16-46-15-14-45-13-12-38-32(41)10-6-4-8-27-11-20-51-52-27/h3,5,7,9,21,27,31H,2,4,6,8,10-20,22-24H2,1H3,(H,38,41). The maximum atomic E-state index is 13.7. The molecule has 2 amide bonds. The molecule has 3 atom stereocenters. The highest BCUT2D eigenvalue weighted by Crippen LogP contribution is 2.48. The van der Waals surface area contributed by atoms with Crippen LogP contribution >= 0.6 is 21.6 Å². The second kappa shape index (κ2) is 18.6. The Morgan fingerprint density at radius 3 is 2.58 bits per heavy atom. The number of hydrogen-bond acceptors (Lipinski definition) is 13. The minimum atomic E-state index is -1.78. The molecule has 0 saturated carbocycles. The Bertz CT molecular complexity index is 1630. The van der Waals surface area contributed by atoms with Crippen LogP contribution in [0.15, 0.2) is 41.5 Å². The largest absolute Gasteiger partial charge is 0.509 e. The molecule has 4 aliphatic heterocycles. The Hall–Kier alpha value is -3.37. The van der Waals surface area contributed by atoms with Gasteiger partial charge in [-0.25, -0.2) is 9.59 Å². The summed E-state index contributed by atoms with van der Waals surface area (Å²) in [5, 5.41) is 4.63. The topological polar surface area (TPSA) is 152 Å². The number of nitrogens with zero attached hydrogens (tertiary/aromatic N) is 2. The van der Waals surface area contributed by atoms with Crippen LogP contribution in [-0.4, -0.2) is 110 Å². The number of hydrogen-bond donors (Lipinski definition) is 1. The molecular formula is C37H47N3O10S2. The molecule has 0 spiro atoms. The molecule has 6 rings (SSSR count). The van der Waals surface area contributed by atoms with Gasteiger partial charge in [-0.15, -0.1) is 0 Å². The van der Waals surface area contributed by atoms with Crippen LogP contribution in [0.2, 0.25) is 0 Å². The van der Waals surface area contributed by atoms with Gasteiger partial charge in [0.15, 0.2) is 0 Å². The zero-order chi connectivity index (χ0) is 36.3. The minimum Gasteiger partial charge on any atom is -0.457 e. The fraction of sp³-hybridized carbons (Fsp3) is 0.595.